The van der Waals surface area contributed by atoms with Gasteiger partial charge >= 0.3 is 0 Å². The first-order valence-electron chi connectivity index (χ1n) is 5.69. The number of rotatable bonds is 8. The Morgan fingerprint density at radius 3 is 2.56 bits per heavy atom. The molecule has 0 rings (SSSR count). The lowest BCUT2D eigenvalue weighted by Gasteiger charge is -2.18. The summed E-state index contributed by atoms with van der Waals surface area (Å²) < 4.78 is 4.96. The van der Waals surface area contributed by atoms with E-state index in [1.54, 1.807) is 7.11 Å². The van der Waals surface area contributed by atoms with Crippen molar-refractivity contribution >= 4 is 5.91 Å². The Bertz CT molecular complexity index is 198. The summed E-state index contributed by atoms with van der Waals surface area (Å²) in [6, 6.07) is -0.413. The lowest BCUT2D eigenvalue weighted by molar-refractivity contribution is -0.123. The van der Waals surface area contributed by atoms with Crippen molar-refractivity contribution < 1.29 is 9.53 Å². The molecule has 0 aliphatic heterocycles. The maximum atomic E-state index is 11.5. The van der Waals surface area contributed by atoms with E-state index < -0.39 is 6.04 Å². The molecule has 0 aliphatic carbocycles. The molecule has 0 spiro atoms. The van der Waals surface area contributed by atoms with Gasteiger partial charge in [0.15, 0.2) is 0 Å². The Morgan fingerprint density at radius 1 is 1.44 bits per heavy atom. The summed E-state index contributed by atoms with van der Waals surface area (Å²) in [5.74, 6) is 0.0985. The van der Waals surface area contributed by atoms with Crippen LogP contribution in [-0.4, -0.2) is 57.2 Å². The normalized spacial score (nSPS) is 13.2. The van der Waals surface area contributed by atoms with E-state index in [0.717, 1.165) is 13.1 Å². The molecule has 0 saturated carbocycles. The van der Waals surface area contributed by atoms with E-state index in [-0.39, 0.29) is 11.8 Å². The van der Waals surface area contributed by atoms with Gasteiger partial charge in [-0.1, -0.05) is 13.8 Å². The van der Waals surface area contributed by atoms with Crippen LogP contribution in [0.5, 0.6) is 0 Å². The fourth-order valence-electron chi connectivity index (χ4n) is 1.15. The maximum absolute atomic E-state index is 11.5. The minimum atomic E-state index is -0.413. The zero-order chi connectivity index (χ0) is 12.6. The number of hydrogen-bond donors (Lipinski definition) is 2. The van der Waals surface area contributed by atoms with Gasteiger partial charge in [0.25, 0.3) is 0 Å². The SMILES string of the molecule is COCCN(C)CCNC(=O)[C@H](N)C(C)C. The number of ether oxygens (including phenoxy) is 1. The molecule has 3 N–H and O–H groups in total. The number of nitrogens with one attached hydrogen (secondary N) is 1. The molecule has 0 aromatic rings. The van der Waals surface area contributed by atoms with Gasteiger partial charge in [0.05, 0.1) is 12.6 Å². The third kappa shape index (κ3) is 6.76. The topological polar surface area (TPSA) is 67.6 Å². The summed E-state index contributed by atoms with van der Waals surface area (Å²) in [6.45, 7) is 6.88. The predicted octanol–water partition coefficient (Wildman–Crippen LogP) is -0.336. The van der Waals surface area contributed by atoms with Gasteiger partial charge < -0.3 is 20.7 Å². The van der Waals surface area contributed by atoms with Crippen molar-refractivity contribution in [1.82, 2.24) is 10.2 Å². The van der Waals surface area contributed by atoms with Crippen molar-refractivity contribution in [3.05, 3.63) is 0 Å². The summed E-state index contributed by atoms with van der Waals surface area (Å²) in [5, 5.41) is 2.82. The summed E-state index contributed by atoms with van der Waals surface area (Å²) >= 11 is 0. The third-order valence-corrected chi connectivity index (χ3v) is 2.49. The molecular formula is C11H25N3O2. The van der Waals surface area contributed by atoms with Crippen molar-refractivity contribution in [2.75, 3.05) is 40.4 Å². The average molecular weight is 231 g/mol. The summed E-state index contributed by atoms with van der Waals surface area (Å²) in [6.07, 6.45) is 0. The van der Waals surface area contributed by atoms with Gasteiger partial charge in [-0.05, 0) is 13.0 Å². The van der Waals surface area contributed by atoms with Gasteiger partial charge in [0.2, 0.25) is 5.91 Å². The number of hydrogen-bond acceptors (Lipinski definition) is 4. The lowest BCUT2D eigenvalue weighted by Crippen LogP contribution is -2.46. The number of likely N-dealkylation sites (N-methyl/N-ethyl adjacent to an activating group) is 1. The molecule has 1 amide bonds. The zero-order valence-electron chi connectivity index (χ0n) is 10.8. The highest BCUT2D eigenvalue weighted by atomic mass is 16.5. The van der Waals surface area contributed by atoms with Gasteiger partial charge in [-0.2, -0.15) is 0 Å². The molecule has 0 aromatic heterocycles. The van der Waals surface area contributed by atoms with Gasteiger partial charge in [-0.3, -0.25) is 4.79 Å². The maximum Gasteiger partial charge on any atom is 0.237 e. The molecule has 0 fully saturated rings. The van der Waals surface area contributed by atoms with Crippen LogP contribution in [-0.2, 0) is 9.53 Å². The van der Waals surface area contributed by atoms with Crippen molar-refractivity contribution in [3.8, 4) is 0 Å². The van der Waals surface area contributed by atoms with Gasteiger partial charge in [-0.25, -0.2) is 0 Å². The standard InChI is InChI=1S/C11H25N3O2/c1-9(2)10(12)11(15)13-5-6-14(3)7-8-16-4/h9-10H,5-8,12H2,1-4H3,(H,13,15)/t10-/m1/s1. The smallest absolute Gasteiger partial charge is 0.237 e. The van der Waals surface area contributed by atoms with E-state index >= 15 is 0 Å². The Kier molecular flexibility index (Phi) is 8.15. The molecule has 0 aromatic carbocycles. The molecule has 1 atom stereocenters. The number of carbonyl (C=O) groups is 1. The van der Waals surface area contributed by atoms with E-state index in [1.807, 2.05) is 20.9 Å². The van der Waals surface area contributed by atoms with E-state index in [4.69, 9.17) is 10.5 Å². The second kappa shape index (κ2) is 8.50. The highest BCUT2D eigenvalue weighted by molar-refractivity contribution is 5.81. The molecule has 0 unspecified atom stereocenters. The number of nitrogens with two attached hydrogens (primary N) is 1. The van der Waals surface area contributed by atoms with Crippen molar-refractivity contribution in [3.63, 3.8) is 0 Å². The van der Waals surface area contributed by atoms with Gasteiger partial charge in [-0.15, -0.1) is 0 Å². The van der Waals surface area contributed by atoms with Crippen LogP contribution in [0, 0.1) is 5.92 Å². The molecule has 0 heterocycles. The number of carbonyl (C=O) groups excluding carboxylic acids is 1. The lowest BCUT2D eigenvalue weighted by atomic mass is 10.1. The molecule has 0 aliphatic rings. The van der Waals surface area contributed by atoms with Crippen LogP contribution in [0.4, 0.5) is 0 Å². The molecular weight excluding hydrogens is 206 g/mol. The third-order valence-electron chi connectivity index (χ3n) is 2.49. The Hall–Kier alpha value is -0.650. The van der Waals surface area contributed by atoms with Crippen molar-refractivity contribution in [2.45, 2.75) is 19.9 Å². The van der Waals surface area contributed by atoms with Gasteiger partial charge in [0.1, 0.15) is 0 Å². The van der Waals surface area contributed by atoms with E-state index in [9.17, 15) is 4.79 Å². The quantitative estimate of drug-likeness (QED) is 0.600. The first-order chi connectivity index (χ1) is 7.49. The first-order valence-corrected chi connectivity index (χ1v) is 5.69. The molecule has 96 valence electrons. The van der Waals surface area contributed by atoms with Crippen LogP contribution in [0.25, 0.3) is 0 Å². The van der Waals surface area contributed by atoms with E-state index in [2.05, 4.69) is 10.2 Å². The fraction of sp³-hybridized carbons (Fsp3) is 0.909. The van der Waals surface area contributed by atoms with Crippen LogP contribution in [0.2, 0.25) is 0 Å². The minimum Gasteiger partial charge on any atom is -0.383 e. The van der Waals surface area contributed by atoms with Crippen LogP contribution < -0.4 is 11.1 Å². The highest BCUT2D eigenvalue weighted by Crippen LogP contribution is 1.97. The van der Waals surface area contributed by atoms with Crippen LogP contribution in [0.3, 0.4) is 0 Å². The van der Waals surface area contributed by atoms with Crippen LogP contribution in [0.1, 0.15) is 13.8 Å². The highest BCUT2D eigenvalue weighted by Gasteiger charge is 2.16. The second-order valence-corrected chi connectivity index (χ2v) is 4.36. The monoisotopic (exact) mass is 231 g/mol. The van der Waals surface area contributed by atoms with Crippen molar-refractivity contribution in [1.29, 1.82) is 0 Å². The largest absolute Gasteiger partial charge is 0.383 e. The molecule has 5 nitrogen and oxygen atoms in total. The fourth-order valence-corrected chi connectivity index (χ4v) is 1.15. The average Bonchev–Trinajstić information content (AvgIpc) is 2.24. The number of amides is 1. The molecule has 0 radical (unpaired) electrons. The van der Waals surface area contributed by atoms with Crippen LogP contribution >= 0.6 is 0 Å². The molecule has 0 saturated heterocycles. The van der Waals surface area contributed by atoms with E-state index in [1.165, 1.54) is 0 Å². The summed E-state index contributed by atoms with van der Waals surface area (Å²) in [5.41, 5.74) is 5.71. The molecule has 5 heteroatoms. The van der Waals surface area contributed by atoms with Crippen LogP contribution in [0.15, 0.2) is 0 Å². The second-order valence-electron chi connectivity index (χ2n) is 4.36. The number of methoxy groups -OCH3 is 1. The Labute approximate surface area is 98.3 Å². The molecule has 0 bridgehead atoms. The molecule has 16 heavy (non-hydrogen) atoms. The zero-order valence-corrected chi connectivity index (χ0v) is 10.8. The number of nitrogens with zero attached hydrogens (tertiary/aromatic N) is 1. The van der Waals surface area contributed by atoms with Crippen molar-refractivity contribution in [2.24, 2.45) is 11.7 Å². The Morgan fingerprint density at radius 2 is 2.06 bits per heavy atom. The summed E-state index contributed by atoms with van der Waals surface area (Å²) in [7, 11) is 3.67. The first kappa shape index (κ1) is 15.3. The summed E-state index contributed by atoms with van der Waals surface area (Å²) in [4.78, 5) is 13.6. The predicted molar refractivity (Wildman–Crippen MR) is 65.2 cm³/mol. The van der Waals surface area contributed by atoms with E-state index in [0.29, 0.717) is 13.2 Å². The Balaban J connectivity index is 3.61. The van der Waals surface area contributed by atoms with Gasteiger partial charge in [0, 0.05) is 26.7 Å². The minimum absolute atomic E-state index is 0.0739.